The van der Waals surface area contributed by atoms with Crippen molar-refractivity contribution in [2.75, 3.05) is 13.2 Å². The molecule has 4 nitrogen and oxygen atoms in total. The van der Waals surface area contributed by atoms with Gasteiger partial charge in [-0.15, -0.1) is 11.3 Å². The third-order valence-corrected chi connectivity index (χ3v) is 2.43. The summed E-state index contributed by atoms with van der Waals surface area (Å²) in [7, 11) is 0. The first-order valence-electron chi connectivity index (χ1n) is 4.13. The molecule has 0 aliphatic rings. The second-order valence-corrected chi connectivity index (χ2v) is 3.58. The number of aromatic nitrogens is 1. The molecule has 1 aromatic rings. The Hall–Kier alpha value is -0.490. The summed E-state index contributed by atoms with van der Waals surface area (Å²) < 4.78 is 0. The molecule has 1 rings (SSSR count). The number of nitrogens with zero attached hydrogens (tertiary/aromatic N) is 1. The molecule has 1 atom stereocenters. The van der Waals surface area contributed by atoms with E-state index in [0.717, 1.165) is 5.69 Å². The van der Waals surface area contributed by atoms with Gasteiger partial charge in [-0.3, -0.25) is 0 Å². The van der Waals surface area contributed by atoms with E-state index >= 15 is 0 Å². The fraction of sp³-hybridized carbons (Fsp3) is 0.625. The first-order valence-corrected chi connectivity index (χ1v) is 5.08. The molecule has 0 amide bonds. The minimum Gasteiger partial charge on any atom is -0.395 e. The van der Waals surface area contributed by atoms with E-state index in [4.69, 9.17) is 10.2 Å². The van der Waals surface area contributed by atoms with Gasteiger partial charge in [0.25, 0.3) is 0 Å². The Morgan fingerprint density at radius 3 is 2.69 bits per heavy atom. The molecule has 0 saturated carbocycles. The van der Waals surface area contributed by atoms with Crippen molar-refractivity contribution >= 4 is 11.3 Å². The largest absolute Gasteiger partial charge is 0.395 e. The Morgan fingerprint density at radius 1 is 1.54 bits per heavy atom. The summed E-state index contributed by atoms with van der Waals surface area (Å²) in [4.78, 5) is 4.13. The lowest BCUT2D eigenvalue weighted by molar-refractivity contribution is 0.163. The van der Waals surface area contributed by atoms with E-state index < -0.39 is 0 Å². The first kappa shape index (κ1) is 10.6. The third kappa shape index (κ3) is 3.04. The first-order chi connectivity index (χ1) is 6.27. The molecule has 0 saturated heterocycles. The summed E-state index contributed by atoms with van der Waals surface area (Å²) in [6, 6.07) is -0.202. The molecule has 0 fully saturated rings. The van der Waals surface area contributed by atoms with E-state index in [9.17, 15) is 0 Å². The number of nitrogens with one attached hydrogen (secondary N) is 1. The van der Waals surface area contributed by atoms with E-state index in [1.165, 1.54) is 11.3 Å². The monoisotopic (exact) mass is 202 g/mol. The molecular weight excluding hydrogens is 188 g/mol. The van der Waals surface area contributed by atoms with Gasteiger partial charge in [0.15, 0.2) is 0 Å². The van der Waals surface area contributed by atoms with Crippen LogP contribution in [0.4, 0.5) is 0 Å². The fourth-order valence-corrected chi connectivity index (χ4v) is 1.69. The molecule has 13 heavy (non-hydrogen) atoms. The average Bonchev–Trinajstić information content (AvgIpc) is 2.66. The smallest absolute Gasteiger partial charge is 0.0795 e. The topological polar surface area (TPSA) is 65.4 Å². The zero-order valence-corrected chi connectivity index (χ0v) is 8.29. The Bertz CT molecular complexity index is 224. The number of thiazole rings is 1. The van der Waals surface area contributed by atoms with Gasteiger partial charge in [0.1, 0.15) is 0 Å². The minimum atomic E-state index is -0.267. The van der Waals surface area contributed by atoms with Gasteiger partial charge >= 0.3 is 0 Å². The zero-order valence-electron chi connectivity index (χ0n) is 7.47. The van der Waals surface area contributed by atoms with Crippen molar-refractivity contribution in [2.45, 2.75) is 19.0 Å². The van der Waals surface area contributed by atoms with Gasteiger partial charge in [0.05, 0.1) is 30.5 Å². The summed E-state index contributed by atoms with van der Waals surface area (Å²) in [5, 5.41) is 22.7. The predicted octanol–water partition coefficient (Wildman–Crippen LogP) is 0.147. The van der Waals surface area contributed by atoms with Gasteiger partial charge < -0.3 is 15.5 Å². The number of hydrogen-bond donors (Lipinski definition) is 3. The van der Waals surface area contributed by atoms with E-state index in [-0.39, 0.29) is 25.3 Å². The lowest BCUT2D eigenvalue weighted by Gasteiger charge is -2.18. The highest BCUT2D eigenvalue weighted by Crippen LogP contribution is 2.12. The molecule has 0 radical (unpaired) electrons. The molecule has 1 unspecified atom stereocenters. The molecule has 5 heteroatoms. The maximum Gasteiger partial charge on any atom is 0.0795 e. The number of aliphatic hydroxyl groups is 2. The highest BCUT2D eigenvalue weighted by atomic mass is 32.1. The Labute approximate surface area is 81.3 Å². The van der Waals surface area contributed by atoms with E-state index in [0.29, 0.717) is 0 Å². The zero-order chi connectivity index (χ0) is 9.68. The van der Waals surface area contributed by atoms with Crippen molar-refractivity contribution in [1.29, 1.82) is 0 Å². The van der Waals surface area contributed by atoms with E-state index in [2.05, 4.69) is 10.3 Å². The summed E-state index contributed by atoms with van der Waals surface area (Å²) in [6.45, 7) is 1.82. The summed E-state index contributed by atoms with van der Waals surface area (Å²) in [6.07, 6.45) is 0. The Kier molecular flexibility index (Phi) is 4.31. The van der Waals surface area contributed by atoms with Crippen molar-refractivity contribution in [1.82, 2.24) is 10.3 Å². The van der Waals surface area contributed by atoms with E-state index in [1.54, 1.807) is 5.51 Å². The van der Waals surface area contributed by atoms with Crippen LogP contribution in [0.5, 0.6) is 0 Å². The van der Waals surface area contributed by atoms with Crippen LogP contribution in [0.25, 0.3) is 0 Å². The van der Waals surface area contributed by atoms with Crippen LogP contribution < -0.4 is 5.32 Å². The third-order valence-electron chi connectivity index (χ3n) is 1.82. The van der Waals surface area contributed by atoms with Crippen LogP contribution in [0.3, 0.4) is 0 Å². The number of aliphatic hydroxyl groups excluding tert-OH is 2. The van der Waals surface area contributed by atoms with Crippen molar-refractivity contribution in [3.8, 4) is 0 Å². The fourth-order valence-electron chi connectivity index (χ4n) is 1.04. The molecule has 1 heterocycles. The van der Waals surface area contributed by atoms with Gasteiger partial charge in [-0.25, -0.2) is 4.98 Å². The van der Waals surface area contributed by atoms with Crippen LogP contribution >= 0.6 is 11.3 Å². The summed E-state index contributed by atoms with van der Waals surface area (Å²) in [5.41, 5.74) is 2.71. The minimum absolute atomic E-state index is 0.0645. The maximum atomic E-state index is 8.83. The SMILES string of the molecule is CC(NC(CO)CO)c1cscn1. The molecule has 1 aromatic heterocycles. The number of hydrogen-bond acceptors (Lipinski definition) is 5. The molecule has 0 spiro atoms. The lowest BCUT2D eigenvalue weighted by atomic mass is 10.2. The predicted molar refractivity (Wildman–Crippen MR) is 51.6 cm³/mol. The highest BCUT2D eigenvalue weighted by Gasteiger charge is 2.12. The standard InChI is InChI=1S/C8H14N2O2S/c1-6(8-4-13-5-9-8)10-7(2-11)3-12/h4-7,10-12H,2-3H2,1H3. The Balaban J connectivity index is 2.45. The lowest BCUT2D eigenvalue weighted by Crippen LogP contribution is -2.37. The van der Waals surface area contributed by atoms with Gasteiger partial charge in [-0.1, -0.05) is 0 Å². The quantitative estimate of drug-likeness (QED) is 0.636. The molecule has 0 bridgehead atoms. The van der Waals surface area contributed by atoms with Crippen LogP contribution in [0.1, 0.15) is 18.7 Å². The average molecular weight is 202 g/mol. The van der Waals surface area contributed by atoms with Gasteiger partial charge in [0, 0.05) is 11.4 Å². The molecular formula is C8H14N2O2S. The second-order valence-electron chi connectivity index (χ2n) is 2.86. The Morgan fingerprint density at radius 2 is 2.23 bits per heavy atom. The van der Waals surface area contributed by atoms with E-state index in [1.807, 2.05) is 12.3 Å². The molecule has 0 aliphatic heterocycles. The van der Waals surface area contributed by atoms with Crippen LogP contribution in [0.2, 0.25) is 0 Å². The van der Waals surface area contributed by atoms with Crippen LogP contribution in [-0.4, -0.2) is 34.5 Å². The molecule has 3 N–H and O–H groups in total. The normalized spacial score (nSPS) is 13.5. The van der Waals surface area contributed by atoms with Crippen molar-refractivity contribution in [3.05, 3.63) is 16.6 Å². The van der Waals surface area contributed by atoms with Gasteiger partial charge in [0.2, 0.25) is 0 Å². The van der Waals surface area contributed by atoms with Crippen LogP contribution in [-0.2, 0) is 0 Å². The molecule has 74 valence electrons. The van der Waals surface area contributed by atoms with Crippen LogP contribution in [0, 0.1) is 0 Å². The van der Waals surface area contributed by atoms with Crippen molar-refractivity contribution in [3.63, 3.8) is 0 Å². The van der Waals surface area contributed by atoms with Gasteiger partial charge in [-0.2, -0.15) is 0 Å². The molecule has 0 aliphatic carbocycles. The van der Waals surface area contributed by atoms with Crippen molar-refractivity contribution < 1.29 is 10.2 Å². The maximum absolute atomic E-state index is 8.83. The highest BCUT2D eigenvalue weighted by molar-refractivity contribution is 7.07. The molecule has 0 aromatic carbocycles. The van der Waals surface area contributed by atoms with Crippen LogP contribution in [0.15, 0.2) is 10.9 Å². The van der Waals surface area contributed by atoms with Gasteiger partial charge in [-0.05, 0) is 6.92 Å². The second kappa shape index (κ2) is 5.29. The summed E-state index contributed by atoms with van der Waals surface area (Å²) >= 11 is 1.53. The van der Waals surface area contributed by atoms with Crippen molar-refractivity contribution in [2.24, 2.45) is 0 Å². The number of rotatable bonds is 5. The summed E-state index contributed by atoms with van der Waals surface area (Å²) in [5.74, 6) is 0.